The molecule has 4 aliphatic carbocycles. The van der Waals surface area contributed by atoms with Crippen molar-refractivity contribution in [3.8, 4) is 0 Å². The average Bonchev–Trinajstić information content (AvgIpc) is 2.91. The molecule has 4 fully saturated rings. The van der Waals surface area contributed by atoms with Crippen LogP contribution in [0.1, 0.15) is 50.7 Å². The highest BCUT2D eigenvalue weighted by Gasteiger charge is 2.61. The summed E-state index contributed by atoms with van der Waals surface area (Å²) in [5.41, 5.74) is 4.99. The van der Waals surface area contributed by atoms with E-state index in [4.69, 9.17) is 10.2 Å². The maximum Gasteiger partial charge on any atom is 0.135 e. The quantitative estimate of drug-likeness (QED) is 0.888. The third kappa shape index (κ3) is 1.66. The topological polar surface area (TPSA) is 59.4 Å². The standard InChI is InChI=1S/C17H25NO2/c18-4-3-17(19,15-2-1-5-20-15)16-9-12-6-13(10-16)8-14(7-12)11-16/h1-2,5,12-14,19H,3-4,6-11,18H2. The monoisotopic (exact) mass is 275 g/mol. The van der Waals surface area contributed by atoms with Gasteiger partial charge in [-0.1, -0.05) is 0 Å². The van der Waals surface area contributed by atoms with Gasteiger partial charge in [0, 0.05) is 5.41 Å². The summed E-state index contributed by atoms with van der Waals surface area (Å²) in [7, 11) is 0. The fourth-order valence-electron chi connectivity index (χ4n) is 5.99. The van der Waals surface area contributed by atoms with Gasteiger partial charge >= 0.3 is 0 Å². The molecule has 1 atom stereocenters. The molecule has 110 valence electrons. The molecular formula is C17H25NO2. The van der Waals surface area contributed by atoms with Crippen molar-refractivity contribution in [3.63, 3.8) is 0 Å². The molecule has 4 aliphatic rings. The molecule has 4 bridgehead atoms. The molecule has 5 rings (SSSR count). The third-order valence-corrected chi connectivity index (χ3v) is 6.35. The highest BCUT2D eigenvalue weighted by atomic mass is 16.4. The van der Waals surface area contributed by atoms with Crippen LogP contribution in [-0.2, 0) is 5.60 Å². The smallest absolute Gasteiger partial charge is 0.135 e. The zero-order chi connectivity index (χ0) is 13.8. The normalized spacial score (nSPS) is 41.8. The van der Waals surface area contributed by atoms with E-state index in [0.717, 1.165) is 42.8 Å². The van der Waals surface area contributed by atoms with Crippen LogP contribution in [0.2, 0.25) is 0 Å². The lowest BCUT2D eigenvalue weighted by Crippen LogP contribution is -2.57. The number of furan rings is 1. The summed E-state index contributed by atoms with van der Waals surface area (Å²) >= 11 is 0. The Morgan fingerprint density at radius 1 is 1.20 bits per heavy atom. The molecule has 0 amide bonds. The molecule has 1 aromatic rings. The molecule has 0 saturated heterocycles. The Bertz CT molecular complexity index is 446. The van der Waals surface area contributed by atoms with Crippen molar-refractivity contribution in [2.75, 3.05) is 6.54 Å². The molecule has 3 nitrogen and oxygen atoms in total. The zero-order valence-electron chi connectivity index (χ0n) is 12.1. The number of nitrogens with two attached hydrogens (primary N) is 1. The molecular weight excluding hydrogens is 250 g/mol. The van der Waals surface area contributed by atoms with Crippen molar-refractivity contribution in [3.05, 3.63) is 24.2 Å². The van der Waals surface area contributed by atoms with Crippen LogP contribution in [0.4, 0.5) is 0 Å². The number of rotatable bonds is 4. The van der Waals surface area contributed by atoms with Crippen LogP contribution in [0.3, 0.4) is 0 Å². The van der Waals surface area contributed by atoms with Gasteiger partial charge in [-0.2, -0.15) is 0 Å². The van der Waals surface area contributed by atoms with Gasteiger partial charge in [0.15, 0.2) is 0 Å². The Balaban J connectivity index is 1.76. The molecule has 0 aromatic carbocycles. The molecule has 3 heteroatoms. The Morgan fingerprint density at radius 3 is 2.25 bits per heavy atom. The van der Waals surface area contributed by atoms with Crippen LogP contribution in [-0.4, -0.2) is 11.7 Å². The Labute approximate surface area is 120 Å². The summed E-state index contributed by atoms with van der Waals surface area (Å²) in [6, 6.07) is 3.82. The highest BCUT2D eigenvalue weighted by molar-refractivity contribution is 5.19. The Hall–Kier alpha value is -0.800. The van der Waals surface area contributed by atoms with Crippen molar-refractivity contribution in [1.82, 2.24) is 0 Å². The Kier molecular flexibility index (Phi) is 2.80. The van der Waals surface area contributed by atoms with Crippen molar-refractivity contribution >= 4 is 0 Å². The van der Waals surface area contributed by atoms with Crippen molar-refractivity contribution in [2.45, 2.75) is 50.5 Å². The molecule has 0 aliphatic heterocycles. The van der Waals surface area contributed by atoms with Crippen LogP contribution in [0, 0.1) is 23.2 Å². The highest BCUT2D eigenvalue weighted by Crippen LogP contribution is 2.66. The third-order valence-electron chi connectivity index (χ3n) is 6.35. The summed E-state index contributed by atoms with van der Waals surface area (Å²) in [5.74, 6) is 3.20. The second kappa shape index (κ2) is 4.35. The van der Waals surface area contributed by atoms with Gasteiger partial charge < -0.3 is 15.3 Å². The molecule has 0 spiro atoms. The van der Waals surface area contributed by atoms with Crippen LogP contribution in [0.25, 0.3) is 0 Å². The summed E-state index contributed by atoms with van der Waals surface area (Å²) in [6.07, 6.45) is 9.94. The molecule has 4 saturated carbocycles. The summed E-state index contributed by atoms with van der Waals surface area (Å²) in [5, 5.41) is 11.6. The average molecular weight is 275 g/mol. The van der Waals surface area contributed by atoms with Crippen LogP contribution < -0.4 is 5.73 Å². The van der Waals surface area contributed by atoms with E-state index in [9.17, 15) is 5.11 Å². The van der Waals surface area contributed by atoms with Gasteiger partial charge in [0.1, 0.15) is 11.4 Å². The van der Waals surface area contributed by atoms with Crippen molar-refractivity contribution in [1.29, 1.82) is 0 Å². The minimum atomic E-state index is -0.860. The fourth-order valence-corrected chi connectivity index (χ4v) is 5.99. The maximum atomic E-state index is 11.6. The first-order valence-electron chi connectivity index (χ1n) is 8.12. The van der Waals surface area contributed by atoms with E-state index in [0.29, 0.717) is 13.0 Å². The lowest BCUT2D eigenvalue weighted by Gasteiger charge is -2.61. The first kappa shape index (κ1) is 12.9. The van der Waals surface area contributed by atoms with E-state index in [2.05, 4.69) is 0 Å². The molecule has 3 N–H and O–H groups in total. The number of aliphatic hydroxyl groups is 1. The van der Waals surface area contributed by atoms with Crippen LogP contribution in [0.15, 0.2) is 22.8 Å². The zero-order valence-corrected chi connectivity index (χ0v) is 12.1. The van der Waals surface area contributed by atoms with E-state index < -0.39 is 5.60 Å². The van der Waals surface area contributed by atoms with E-state index >= 15 is 0 Å². The van der Waals surface area contributed by atoms with E-state index in [1.807, 2.05) is 12.1 Å². The molecule has 20 heavy (non-hydrogen) atoms. The molecule has 0 radical (unpaired) electrons. The number of hydrogen-bond donors (Lipinski definition) is 2. The first-order valence-corrected chi connectivity index (χ1v) is 8.12. The minimum absolute atomic E-state index is 0.0129. The molecule has 1 aromatic heterocycles. The Morgan fingerprint density at radius 2 is 1.80 bits per heavy atom. The predicted molar refractivity (Wildman–Crippen MR) is 76.9 cm³/mol. The second-order valence-electron chi connectivity index (χ2n) is 7.57. The summed E-state index contributed by atoms with van der Waals surface area (Å²) < 4.78 is 5.64. The fraction of sp³-hybridized carbons (Fsp3) is 0.765. The van der Waals surface area contributed by atoms with E-state index in [-0.39, 0.29) is 5.41 Å². The van der Waals surface area contributed by atoms with Gasteiger partial charge in [0.25, 0.3) is 0 Å². The minimum Gasteiger partial charge on any atom is -0.466 e. The van der Waals surface area contributed by atoms with Gasteiger partial charge in [-0.15, -0.1) is 0 Å². The largest absolute Gasteiger partial charge is 0.466 e. The number of hydrogen-bond acceptors (Lipinski definition) is 3. The van der Waals surface area contributed by atoms with Crippen LogP contribution in [0.5, 0.6) is 0 Å². The predicted octanol–water partition coefficient (Wildman–Crippen LogP) is 3.03. The van der Waals surface area contributed by atoms with Gasteiger partial charge in [-0.25, -0.2) is 0 Å². The molecule has 1 heterocycles. The second-order valence-corrected chi connectivity index (χ2v) is 7.57. The summed E-state index contributed by atoms with van der Waals surface area (Å²) in [4.78, 5) is 0. The van der Waals surface area contributed by atoms with Gasteiger partial charge in [0.2, 0.25) is 0 Å². The van der Waals surface area contributed by atoms with Gasteiger partial charge in [-0.05, 0) is 81.4 Å². The van der Waals surface area contributed by atoms with E-state index in [1.165, 1.54) is 19.3 Å². The van der Waals surface area contributed by atoms with Gasteiger partial charge in [-0.3, -0.25) is 0 Å². The van der Waals surface area contributed by atoms with Crippen molar-refractivity contribution < 1.29 is 9.52 Å². The van der Waals surface area contributed by atoms with Crippen molar-refractivity contribution in [2.24, 2.45) is 28.9 Å². The first-order chi connectivity index (χ1) is 9.65. The van der Waals surface area contributed by atoms with E-state index in [1.54, 1.807) is 6.26 Å². The summed E-state index contributed by atoms with van der Waals surface area (Å²) in [6.45, 7) is 0.513. The maximum absolute atomic E-state index is 11.6. The van der Waals surface area contributed by atoms with Gasteiger partial charge in [0.05, 0.1) is 6.26 Å². The molecule has 1 unspecified atom stereocenters. The lowest BCUT2D eigenvalue weighted by atomic mass is 9.44. The SMILES string of the molecule is NCCC(O)(c1ccco1)C12CC3CC(CC(C3)C1)C2. The van der Waals surface area contributed by atoms with Crippen LogP contribution >= 0.6 is 0 Å². The lowest BCUT2D eigenvalue weighted by molar-refractivity contribution is -0.195.